The lowest BCUT2D eigenvalue weighted by Gasteiger charge is -2.27. The highest BCUT2D eigenvalue weighted by molar-refractivity contribution is 7.17. The van der Waals surface area contributed by atoms with Crippen LogP contribution in [0.1, 0.15) is 23.6 Å². The van der Waals surface area contributed by atoms with Crippen molar-refractivity contribution in [2.75, 3.05) is 19.7 Å². The molecule has 0 amide bonds. The molecule has 9 heteroatoms. The number of furan rings is 2. The molecular formula is C17H18N4O4S. The third-order valence-electron chi connectivity index (χ3n) is 4.16. The molecule has 0 aliphatic rings. The van der Waals surface area contributed by atoms with Gasteiger partial charge >= 0.3 is 0 Å². The largest absolute Gasteiger partial charge is 0.492 e. The van der Waals surface area contributed by atoms with Gasteiger partial charge in [0.05, 0.1) is 24.0 Å². The summed E-state index contributed by atoms with van der Waals surface area (Å²) in [6, 6.07) is 6.86. The fourth-order valence-corrected chi connectivity index (χ4v) is 4.06. The lowest BCUT2D eigenvalue weighted by Crippen LogP contribution is -2.31. The van der Waals surface area contributed by atoms with Crippen molar-refractivity contribution in [2.45, 2.75) is 13.0 Å². The number of rotatable bonds is 7. The summed E-state index contributed by atoms with van der Waals surface area (Å²) in [4.78, 5) is 7.69. The monoisotopic (exact) mass is 374 g/mol. The van der Waals surface area contributed by atoms with Gasteiger partial charge < -0.3 is 19.0 Å². The van der Waals surface area contributed by atoms with E-state index in [2.05, 4.69) is 10.1 Å². The van der Waals surface area contributed by atoms with Crippen LogP contribution in [-0.4, -0.2) is 49.4 Å². The molecule has 136 valence electrons. The second-order valence-corrected chi connectivity index (χ2v) is 6.68. The van der Waals surface area contributed by atoms with Crippen molar-refractivity contribution in [3.63, 3.8) is 0 Å². The Labute approximate surface area is 152 Å². The van der Waals surface area contributed by atoms with E-state index in [0.717, 1.165) is 0 Å². The molecule has 4 aromatic heterocycles. The van der Waals surface area contributed by atoms with E-state index in [-0.39, 0.29) is 18.5 Å². The highest BCUT2D eigenvalue weighted by atomic mass is 32.1. The fraction of sp³-hybridized carbons (Fsp3) is 0.294. The molecule has 0 spiro atoms. The molecule has 0 aliphatic carbocycles. The molecular weight excluding hydrogens is 356 g/mol. The average Bonchev–Trinajstić information content (AvgIpc) is 3.42. The van der Waals surface area contributed by atoms with Crippen LogP contribution >= 0.6 is 11.3 Å². The maximum absolute atomic E-state index is 10.8. The SMILES string of the molecule is CCN(CCO)C(c1ccco1)c1sc2nc(-c3ccco3)nn2c1O. The Balaban J connectivity index is 1.79. The third kappa shape index (κ3) is 2.79. The van der Waals surface area contributed by atoms with Crippen LogP contribution in [0, 0.1) is 0 Å². The second kappa shape index (κ2) is 6.94. The Hall–Kier alpha value is -2.62. The number of likely N-dealkylation sites (N-methyl/N-ethyl adjacent to an activating group) is 1. The minimum atomic E-state index is -0.331. The maximum Gasteiger partial charge on any atom is 0.230 e. The van der Waals surface area contributed by atoms with Gasteiger partial charge in [0.2, 0.25) is 16.7 Å². The Kier molecular flexibility index (Phi) is 4.49. The summed E-state index contributed by atoms with van der Waals surface area (Å²) in [5.41, 5.74) is 0. The summed E-state index contributed by atoms with van der Waals surface area (Å²) in [7, 11) is 0. The van der Waals surface area contributed by atoms with Crippen molar-refractivity contribution in [1.82, 2.24) is 19.5 Å². The Bertz CT molecular complexity index is 974. The molecule has 0 saturated carbocycles. The van der Waals surface area contributed by atoms with Gasteiger partial charge in [0.15, 0.2) is 5.76 Å². The van der Waals surface area contributed by atoms with Gasteiger partial charge in [-0.2, -0.15) is 9.50 Å². The number of hydrogen-bond acceptors (Lipinski definition) is 8. The molecule has 2 N–H and O–H groups in total. The molecule has 0 fully saturated rings. The van der Waals surface area contributed by atoms with Gasteiger partial charge in [-0.25, -0.2) is 0 Å². The van der Waals surface area contributed by atoms with Crippen LogP contribution in [0.3, 0.4) is 0 Å². The molecule has 26 heavy (non-hydrogen) atoms. The topological polar surface area (TPSA) is 100 Å². The predicted molar refractivity (Wildman–Crippen MR) is 95.1 cm³/mol. The highest BCUT2D eigenvalue weighted by Crippen LogP contribution is 2.40. The van der Waals surface area contributed by atoms with Crippen LogP contribution in [0.25, 0.3) is 16.5 Å². The number of aromatic nitrogens is 3. The molecule has 8 nitrogen and oxygen atoms in total. The van der Waals surface area contributed by atoms with Crippen LogP contribution in [0.15, 0.2) is 45.6 Å². The first-order valence-electron chi connectivity index (χ1n) is 8.23. The van der Waals surface area contributed by atoms with Gasteiger partial charge in [-0.1, -0.05) is 18.3 Å². The first-order chi connectivity index (χ1) is 12.7. The number of fused-ring (bicyclic) bond motifs is 1. The van der Waals surface area contributed by atoms with E-state index in [0.29, 0.717) is 40.3 Å². The quantitative estimate of drug-likeness (QED) is 0.513. The zero-order valence-electron chi connectivity index (χ0n) is 14.1. The van der Waals surface area contributed by atoms with E-state index in [1.165, 1.54) is 15.9 Å². The number of hydrogen-bond donors (Lipinski definition) is 2. The number of nitrogens with zero attached hydrogens (tertiary/aromatic N) is 4. The zero-order valence-corrected chi connectivity index (χ0v) is 14.9. The lowest BCUT2D eigenvalue weighted by atomic mass is 10.1. The lowest BCUT2D eigenvalue weighted by molar-refractivity contribution is 0.162. The number of thiazole rings is 1. The smallest absolute Gasteiger partial charge is 0.230 e. The van der Waals surface area contributed by atoms with Gasteiger partial charge in [-0.15, -0.1) is 5.10 Å². The number of aliphatic hydroxyl groups excluding tert-OH is 1. The molecule has 0 saturated heterocycles. The van der Waals surface area contributed by atoms with Gasteiger partial charge in [-0.05, 0) is 30.8 Å². The van der Waals surface area contributed by atoms with E-state index >= 15 is 0 Å². The summed E-state index contributed by atoms with van der Waals surface area (Å²) in [5.74, 6) is 1.65. The summed E-state index contributed by atoms with van der Waals surface area (Å²) < 4.78 is 12.3. The van der Waals surface area contributed by atoms with Gasteiger partial charge in [0.25, 0.3) is 0 Å². The van der Waals surface area contributed by atoms with Gasteiger partial charge in [0, 0.05) is 6.54 Å². The van der Waals surface area contributed by atoms with Crippen molar-refractivity contribution in [1.29, 1.82) is 0 Å². The van der Waals surface area contributed by atoms with Crippen molar-refractivity contribution in [2.24, 2.45) is 0 Å². The third-order valence-corrected chi connectivity index (χ3v) is 5.23. The van der Waals surface area contributed by atoms with Gasteiger partial charge in [0.1, 0.15) is 11.8 Å². The van der Waals surface area contributed by atoms with Crippen LogP contribution in [0.2, 0.25) is 0 Å². The zero-order chi connectivity index (χ0) is 18.1. The fourth-order valence-electron chi connectivity index (χ4n) is 2.96. The van der Waals surface area contributed by atoms with Crippen molar-refractivity contribution < 1.29 is 19.0 Å². The molecule has 0 aliphatic heterocycles. The van der Waals surface area contributed by atoms with Crippen molar-refractivity contribution in [3.8, 4) is 17.5 Å². The summed E-state index contributed by atoms with van der Waals surface area (Å²) in [6.45, 7) is 3.13. The Morgan fingerprint density at radius 3 is 2.69 bits per heavy atom. The minimum Gasteiger partial charge on any atom is -0.492 e. The predicted octanol–water partition coefficient (Wildman–Crippen LogP) is 2.75. The second-order valence-electron chi connectivity index (χ2n) is 5.67. The number of aliphatic hydroxyl groups is 1. The molecule has 1 unspecified atom stereocenters. The first kappa shape index (κ1) is 16.8. The summed E-state index contributed by atoms with van der Waals surface area (Å²) in [6.07, 6.45) is 3.15. The van der Waals surface area contributed by atoms with E-state index in [4.69, 9.17) is 8.83 Å². The minimum absolute atomic E-state index is 0.00750. The Morgan fingerprint density at radius 2 is 2.08 bits per heavy atom. The van der Waals surface area contributed by atoms with Crippen molar-refractivity contribution in [3.05, 3.63) is 47.4 Å². The van der Waals surface area contributed by atoms with Crippen LogP contribution in [0.5, 0.6) is 5.88 Å². The Morgan fingerprint density at radius 1 is 1.27 bits per heavy atom. The molecule has 0 bridgehead atoms. The normalized spacial score (nSPS) is 13.0. The first-order valence-corrected chi connectivity index (χ1v) is 9.05. The van der Waals surface area contributed by atoms with Crippen LogP contribution < -0.4 is 0 Å². The van der Waals surface area contributed by atoms with E-state index in [1.807, 2.05) is 17.9 Å². The van der Waals surface area contributed by atoms with E-state index < -0.39 is 0 Å². The van der Waals surface area contributed by atoms with Crippen LogP contribution in [-0.2, 0) is 0 Å². The summed E-state index contributed by atoms with van der Waals surface area (Å²) >= 11 is 1.33. The molecule has 4 rings (SSSR count). The number of aromatic hydroxyl groups is 1. The standard InChI is InChI=1S/C17H18N4O4S/c1-2-20(7-8-22)13(11-5-3-9-24-11)14-16(23)21-17(26-14)18-15(19-21)12-6-4-10-25-12/h3-6,9-10,13,22-23H,2,7-8H2,1H3. The molecule has 0 radical (unpaired) electrons. The van der Waals surface area contributed by atoms with Gasteiger partial charge in [-0.3, -0.25) is 4.90 Å². The summed E-state index contributed by atoms with van der Waals surface area (Å²) in [5, 5.41) is 24.5. The molecule has 4 heterocycles. The molecule has 4 aromatic rings. The van der Waals surface area contributed by atoms with E-state index in [9.17, 15) is 10.2 Å². The van der Waals surface area contributed by atoms with E-state index in [1.54, 1.807) is 30.7 Å². The average molecular weight is 374 g/mol. The van der Waals surface area contributed by atoms with Crippen LogP contribution in [0.4, 0.5) is 0 Å². The highest BCUT2D eigenvalue weighted by Gasteiger charge is 2.30. The molecule has 0 aromatic carbocycles. The molecule has 1 atom stereocenters. The maximum atomic E-state index is 10.8. The van der Waals surface area contributed by atoms with Crippen molar-refractivity contribution >= 4 is 16.3 Å².